The smallest absolute Gasteiger partial charge is 0.129 e. The molecule has 0 fully saturated rings. The molecule has 0 aromatic heterocycles. The first kappa shape index (κ1) is 44.2. The number of hydrogen-bond donors (Lipinski definition) is 0. The maximum atomic E-state index is 5.58. The predicted molar refractivity (Wildman–Crippen MR) is 289 cm³/mol. The van der Waals surface area contributed by atoms with Crippen LogP contribution in [0.5, 0.6) is 0 Å². The lowest BCUT2D eigenvalue weighted by Gasteiger charge is -2.17. The monoisotopic (exact) mass is 888 g/mol. The van der Waals surface area contributed by atoms with E-state index >= 15 is 0 Å². The van der Waals surface area contributed by atoms with Gasteiger partial charge >= 0.3 is 0 Å². The Hall–Kier alpha value is -6.97. The number of rotatable bonds is 4. The molecule has 4 aromatic rings. The van der Waals surface area contributed by atoms with E-state index in [-0.39, 0.29) is 0 Å². The molecule has 5 heterocycles. The minimum Gasteiger partial charge on any atom is -0.248 e. The summed E-state index contributed by atoms with van der Waals surface area (Å²) in [5, 5.41) is 0. The Kier molecular flexibility index (Phi) is 11.5. The van der Waals surface area contributed by atoms with Gasteiger partial charge in [0.25, 0.3) is 0 Å². The molecule has 0 radical (unpaired) electrons. The molecule has 0 saturated carbocycles. The minimum atomic E-state index is -1.63. The number of hydrogen-bond acceptors (Lipinski definition) is 4. The second kappa shape index (κ2) is 17.1. The van der Waals surface area contributed by atoms with Crippen LogP contribution in [0.3, 0.4) is 0 Å². The van der Waals surface area contributed by atoms with E-state index in [1.54, 1.807) is 0 Å². The second-order valence-corrected chi connectivity index (χ2v) is 29.6. The van der Waals surface area contributed by atoms with E-state index in [1.165, 1.54) is 33.4 Å². The van der Waals surface area contributed by atoms with Crippen molar-refractivity contribution in [3.8, 4) is 22.9 Å². The van der Waals surface area contributed by atoms with Crippen LogP contribution in [0.1, 0.15) is 66.8 Å². The van der Waals surface area contributed by atoms with E-state index in [4.69, 9.17) is 20.0 Å². The third-order valence-electron chi connectivity index (χ3n) is 11.9. The van der Waals surface area contributed by atoms with Crippen LogP contribution in [0, 0.1) is 64.5 Å². The van der Waals surface area contributed by atoms with E-state index in [1.807, 2.05) is 0 Å². The lowest BCUT2D eigenvalue weighted by atomic mass is 9.90. The maximum Gasteiger partial charge on any atom is 0.129 e. The molecule has 5 aliphatic heterocycles. The SMILES string of the molecule is Cc1cc(C)c(C2=C3C=CC(=N3)C(c3cccc(C#C[Si](C)(C)C)c3)=C3C=CC(=N3)C(c3c(C)cc(C)cc3C)=C3C=CC(=N3)C(c3cccc(C#C[Si](C)(C)C)c3)=C3C=CC2=N3)c(C)c1. The summed E-state index contributed by atoms with van der Waals surface area (Å²) in [6, 6.07) is 26.1. The molecule has 0 amide bonds. The molecule has 66 heavy (non-hydrogen) atoms. The van der Waals surface area contributed by atoms with Gasteiger partial charge in [0.1, 0.15) is 16.1 Å². The number of fused-ring (bicyclic) bond motifs is 4. The summed E-state index contributed by atoms with van der Waals surface area (Å²) in [4.78, 5) is 22.3. The fourth-order valence-electron chi connectivity index (χ4n) is 9.36. The predicted octanol–water partition coefficient (Wildman–Crippen LogP) is 14.0. The topological polar surface area (TPSA) is 49.4 Å². The quantitative estimate of drug-likeness (QED) is 0.145. The van der Waals surface area contributed by atoms with Gasteiger partial charge in [-0.05, 0) is 159 Å². The normalized spacial score (nSPS) is 16.4. The van der Waals surface area contributed by atoms with Crippen molar-refractivity contribution in [2.75, 3.05) is 0 Å². The Bertz CT molecular complexity index is 3090. The summed E-state index contributed by atoms with van der Waals surface area (Å²) in [5.41, 5.74) is 31.2. The summed E-state index contributed by atoms with van der Waals surface area (Å²) in [6.07, 6.45) is 17.2. The molecular formula is C60H56N4Si2. The highest BCUT2D eigenvalue weighted by atomic mass is 28.3. The average molecular weight is 889 g/mol. The summed E-state index contributed by atoms with van der Waals surface area (Å²) in [5.74, 6) is 7.02. The Morgan fingerprint density at radius 1 is 0.364 bits per heavy atom. The standard InChI is InChI=1S/C60H56N4Si2/c1-37-31-39(3)55(40(4)32-37)59-51-23-19-47(61-51)57(45-17-13-15-43(35-45)27-29-65(7,8)9)49-21-25-53(63-49)60(56-41(5)33-38(2)34-42(56)6)54-26-22-50(64-54)58(48-20-24-52(59)62-48)46-18-14-16-44(36-46)28-30-66(10,11)12/h13-26,31-36H,1-12H3. The zero-order valence-corrected chi connectivity index (χ0v) is 42.3. The number of nitrogens with zero attached hydrogens (tertiary/aromatic N) is 4. The minimum absolute atomic E-state index is 0.838. The Morgan fingerprint density at radius 3 is 0.985 bits per heavy atom. The van der Waals surface area contributed by atoms with Crippen molar-refractivity contribution in [3.05, 3.63) is 211 Å². The molecule has 4 nitrogen and oxygen atoms in total. The van der Waals surface area contributed by atoms with Gasteiger partial charge in [0.05, 0.1) is 45.6 Å². The van der Waals surface area contributed by atoms with Crippen LogP contribution in [0.4, 0.5) is 0 Å². The molecular weight excluding hydrogens is 833 g/mol. The Balaban J connectivity index is 1.38. The fourth-order valence-corrected chi connectivity index (χ4v) is 10.4. The molecule has 9 rings (SSSR count). The van der Waals surface area contributed by atoms with E-state index in [0.29, 0.717) is 0 Å². The van der Waals surface area contributed by atoms with Gasteiger partial charge in [-0.15, -0.1) is 11.1 Å². The summed E-state index contributed by atoms with van der Waals surface area (Å²) in [7, 11) is -3.25. The molecule has 0 unspecified atom stereocenters. The van der Waals surface area contributed by atoms with Gasteiger partial charge in [0.2, 0.25) is 0 Å². The van der Waals surface area contributed by atoms with Crippen molar-refractivity contribution >= 4 is 61.3 Å². The van der Waals surface area contributed by atoms with Crippen molar-refractivity contribution in [2.24, 2.45) is 20.0 Å². The molecule has 5 aliphatic rings. The van der Waals surface area contributed by atoms with Crippen molar-refractivity contribution in [3.63, 3.8) is 0 Å². The molecule has 6 heteroatoms. The van der Waals surface area contributed by atoms with Gasteiger partial charge < -0.3 is 0 Å². The van der Waals surface area contributed by atoms with Crippen LogP contribution < -0.4 is 0 Å². The molecule has 4 aromatic carbocycles. The van der Waals surface area contributed by atoms with Crippen molar-refractivity contribution in [1.29, 1.82) is 0 Å². The van der Waals surface area contributed by atoms with Crippen LogP contribution in [0.2, 0.25) is 39.3 Å². The highest BCUT2D eigenvalue weighted by molar-refractivity contribution is 6.84. The molecule has 0 atom stereocenters. The van der Waals surface area contributed by atoms with Gasteiger partial charge in [0.15, 0.2) is 0 Å². The summed E-state index contributed by atoms with van der Waals surface area (Å²) >= 11 is 0. The van der Waals surface area contributed by atoms with Gasteiger partial charge in [-0.25, -0.2) is 20.0 Å². The lowest BCUT2D eigenvalue weighted by Crippen LogP contribution is -2.16. The van der Waals surface area contributed by atoms with Crippen LogP contribution >= 0.6 is 0 Å². The van der Waals surface area contributed by atoms with Crippen molar-refractivity contribution in [2.45, 2.75) is 80.8 Å². The molecule has 0 spiro atoms. The van der Waals surface area contributed by atoms with E-state index in [9.17, 15) is 0 Å². The van der Waals surface area contributed by atoms with E-state index in [2.05, 4.69) is 225 Å². The first-order valence-corrected chi connectivity index (χ1v) is 29.9. The number of allylic oxidation sites excluding steroid dienone is 12. The van der Waals surface area contributed by atoms with Crippen LogP contribution in [0.25, 0.3) is 22.3 Å². The zero-order valence-electron chi connectivity index (χ0n) is 40.3. The fraction of sp³-hybridized carbons (Fsp3) is 0.200. The number of aliphatic imine (C=N–C) groups is 4. The number of benzene rings is 4. The van der Waals surface area contributed by atoms with Gasteiger partial charge in [-0.1, -0.05) is 111 Å². The second-order valence-electron chi connectivity index (χ2n) is 20.1. The van der Waals surface area contributed by atoms with Crippen molar-refractivity contribution < 1.29 is 0 Å². The summed E-state index contributed by atoms with van der Waals surface area (Å²) < 4.78 is 0. The van der Waals surface area contributed by atoms with Gasteiger partial charge in [0, 0.05) is 33.4 Å². The van der Waals surface area contributed by atoms with Crippen molar-refractivity contribution in [1.82, 2.24) is 0 Å². The summed E-state index contributed by atoms with van der Waals surface area (Å²) in [6.45, 7) is 26.8. The van der Waals surface area contributed by atoms with Crippen LogP contribution in [-0.2, 0) is 0 Å². The molecule has 0 aliphatic carbocycles. The van der Waals surface area contributed by atoms with Crippen LogP contribution in [0.15, 0.2) is 164 Å². The number of aryl methyl sites for hydroxylation is 6. The third kappa shape index (κ3) is 9.00. The molecule has 8 bridgehead atoms. The molecule has 0 saturated heterocycles. The molecule has 0 N–H and O–H groups in total. The average Bonchev–Trinajstić information content (AvgIpc) is 4.09. The largest absolute Gasteiger partial charge is 0.248 e. The zero-order chi connectivity index (χ0) is 46.7. The third-order valence-corrected chi connectivity index (χ3v) is 13.7. The lowest BCUT2D eigenvalue weighted by molar-refractivity contribution is 1.28. The maximum absolute atomic E-state index is 5.58. The highest BCUT2D eigenvalue weighted by Gasteiger charge is 2.29. The van der Waals surface area contributed by atoms with E-state index in [0.717, 1.165) is 101 Å². The Morgan fingerprint density at radius 2 is 0.667 bits per heavy atom. The van der Waals surface area contributed by atoms with Gasteiger partial charge in [-0.3, -0.25) is 0 Å². The van der Waals surface area contributed by atoms with Gasteiger partial charge in [-0.2, -0.15) is 0 Å². The van der Waals surface area contributed by atoms with E-state index < -0.39 is 16.1 Å². The highest BCUT2D eigenvalue weighted by Crippen LogP contribution is 2.41. The molecule has 324 valence electrons. The first-order valence-electron chi connectivity index (χ1n) is 22.9. The van der Waals surface area contributed by atoms with Crippen LogP contribution in [-0.4, -0.2) is 39.0 Å². The Labute approximate surface area is 394 Å². The first-order chi connectivity index (χ1) is 31.4.